The summed E-state index contributed by atoms with van der Waals surface area (Å²) in [6, 6.07) is -0.201. The topological polar surface area (TPSA) is 87.7 Å². The Morgan fingerprint density at radius 1 is 1.14 bits per heavy atom. The molecule has 2 rings (SSSR count). The average molecular weight is 298 g/mol. The average Bonchev–Trinajstić information content (AvgIpc) is 3.11. The van der Waals surface area contributed by atoms with Gasteiger partial charge in [0, 0.05) is 25.6 Å². The molecule has 0 aromatic carbocycles. The van der Waals surface area contributed by atoms with Gasteiger partial charge in [-0.2, -0.15) is 0 Å². The van der Waals surface area contributed by atoms with Crippen LogP contribution in [0.15, 0.2) is 0 Å². The minimum atomic E-state index is -0.742. The Hall–Kier alpha value is -1.30. The second-order valence-electron chi connectivity index (χ2n) is 6.09. The lowest BCUT2D eigenvalue weighted by Crippen LogP contribution is -2.42. The highest BCUT2D eigenvalue weighted by atomic mass is 16.5. The zero-order chi connectivity index (χ0) is 15.2. The maximum absolute atomic E-state index is 11.8. The Kier molecular flexibility index (Phi) is 5.85. The van der Waals surface area contributed by atoms with Crippen LogP contribution in [0.5, 0.6) is 0 Å². The fourth-order valence-electron chi connectivity index (χ4n) is 3.49. The Labute approximate surface area is 125 Å². The predicted molar refractivity (Wildman–Crippen MR) is 78.0 cm³/mol. The van der Waals surface area contributed by atoms with E-state index in [1.54, 1.807) is 0 Å². The van der Waals surface area contributed by atoms with Gasteiger partial charge in [0.15, 0.2) is 0 Å². The van der Waals surface area contributed by atoms with Crippen LogP contribution in [-0.4, -0.2) is 42.9 Å². The number of urea groups is 1. The van der Waals surface area contributed by atoms with E-state index in [9.17, 15) is 9.59 Å². The molecule has 0 aromatic heterocycles. The van der Waals surface area contributed by atoms with Crippen LogP contribution in [-0.2, 0) is 9.53 Å². The Morgan fingerprint density at radius 3 is 2.52 bits per heavy atom. The third-order valence-corrected chi connectivity index (χ3v) is 4.77. The Morgan fingerprint density at radius 2 is 1.86 bits per heavy atom. The maximum Gasteiger partial charge on any atom is 0.314 e. The SMILES string of the molecule is CCC1OCCC1CNC(=O)NCC1CCCC1C(=O)O. The standard InChI is InChI=1S/C15H26N2O4/c1-2-13-11(6-7-21-13)9-17-15(20)16-8-10-4-3-5-12(10)14(18)19/h10-13H,2-9H2,1H3,(H,18,19)(H2,16,17,20). The molecule has 3 N–H and O–H groups in total. The predicted octanol–water partition coefficient (Wildman–Crippen LogP) is 1.60. The third-order valence-electron chi connectivity index (χ3n) is 4.77. The summed E-state index contributed by atoms with van der Waals surface area (Å²) in [5.74, 6) is -0.600. The number of hydrogen-bond donors (Lipinski definition) is 3. The summed E-state index contributed by atoms with van der Waals surface area (Å²) >= 11 is 0. The van der Waals surface area contributed by atoms with Gasteiger partial charge in [0.2, 0.25) is 0 Å². The molecule has 6 heteroatoms. The molecule has 2 amide bonds. The molecular weight excluding hydrogens is 272 g/mol. The number of carboxylic acids is 1. The van der Waals surface area contributed by atoms with Gasteiger partial charge in [-0.25, -0.2) is 4.79 Å². The van der Waals surface area contributed by atoms with Gasteiger partial charge < -0.3 is 20.5 Å². The van der Waals surface area contributed by atoms with Crippen LogP contribution >= 0.6 is 0 Å². The van der Waals surface area contributed by atoms with Crippen molar-refractivity contribution in [3.63, 3.8) is 0 Å². The van der Waals surface area contributed by atoms with Crippen LogP contribution in [0.3, 0.4) is 0 Å². The molecule has 4 atom stereocenters. The molecular formula is C15H26N2O4. The van der Waals surface area contributed by atoms with Crippen molar-refractivity contribution < 1.29 is 19.4 Å². The number of carboxylic acid groups (broad SMARTS) is 1. The molecule has 1 heterocycles. The fourth-order valence-corrected chi connectivity index (χ4v) is 3.49. The molecule has 0 aromatic rings. The molecule has 120 valence electrons. The Balaban J connectivity index is 1.67. The molecule has 2 aliphatic rings. The molecule has 1 aliphatic carbocycles. The summed E-state index contributed by atoms with van der Waals surface area (Å²) in [7, 11) is 0. The fraction of sp³-hybridized carbons (Fsp3) is 0.867. The van der Waals surface area contributed by atoms with Gasteiger partial charge in [0.25, 0.3) is 0 Å². The number of nitrogens with one attached hydrogen (secondary N) is 2. The van der Waals surface area contributed by atoms with Gasteiger partial charge >= 0.3 is 12.0 Å². The summed E-state index contributed by atoms with van der Waals surface area (Å²) in [4.78, 5) is 22.9. The van der Waals surface area contributed by atoms with E-state index in [2.05, 4.69) is 17.6 Å². The van der Waals surface area contributed by atoms with Crippen molar-refractivity contribution >= 4 is 12.0 Å². The first kappa shape index (κ1) is 16.1. The largest absolute Gasteiger partial charge is 0.481 e. The first-order valence-electron chi connectivity index (χ1n) is 7.98. The van der Waals surface area contributed by atoms with Crippen molar-refractivity contribution in [3.8, 4) is 0 Å². The quantitative estimate of drug-likeness (QED) is 0.695. The van der Waals surface area contributed by atoms with Crippen LogP contribution in [0.2, 0.25) is 0 Å². The highest BCUT2D eigenvalue weighted by Crippen LogP contribution is 2.31. The molecule has 1 saturated heterocycles. The van der Waals surface area contributed by atoms with Crippen LogP contribution in [0.25, 0.3) is 0 Å². The number of ether oxygens (including phenoxy) is 1. The van der Waals surface area contributed by atoms with E-state index in [0.29, 0.717) is 19.0 Å². The van der Waals surface area contributed by atoms with Gasteiger partial charge in [-0.1, -0.05) is 13.3 Å². The minimum absolute atomic E-state index is 0.0615. The van der Waals surface area contributed by atoms with Gasteiger partial charge in [-0.15, -0.1) is 0 Å². The van der Waals surface area contributed by atoms with E-state index in [1.807, 2.05) is 0 Å². The van der Waals surface area contributed by atoms with E-state index in [-0.39, 0.29) is 24.0 Å². The van der Waals surface area contributed by atoms with Gasteiger partial charge in [-0.3, -0.25) is 4.79 Å². The van der Waals surface area contributed by atoms with Crippen molar-refractivity contribution in [1.29, 1.82) is 0 Å². The second kappa shape index (κ2) is 7.64. The van der Waals surface area contributed by atoms with Crippen LogP contribution in [0.4, 0.5) is 4.79 Å². The molecule has 1 saturated carbocycles. The van der Waals surface area contributed by atoms with E-state index in [1.165, 1.54) is 0 Å². The molecule has 1 aliphatic heterocycles. The number of rotatable bonds is 6. The monoisotopic (exact) mass is 298 g/mol. The summed E-state index contributed by atoms with van der Waals surface area (Å²) in [6.45, 7) is 3.93. The van der Waals surface area contributed by atoms with Crippen LogP contribution in [0, 0.1) is 17.8 Å². The number of aliphatic carboxylic acids is 1. The molecule has 2 fully saturated rings. The highest BCUT2D eigenvalue weighted by Gasteiger charge is 2.33. The lowest BCUT2D eigenvalue weighted by Gasteiger charge is -2.19. The molecule has 0 bridgehead atoms. The highest BCUT2D eigenvalue weighted by molar-refractivity contribution is 5.74. The summed E-state index contributed by atoms with van der Waals surface area (Å²) in [5, 5.41) is 14.8. The molecule has 0 radical (unpaired) electrons. The van der Waals surface area contributed by atoms with Gasteiger partial charge in [0.1, 0.15) is 0 Å². The normalized spacial score (nSPS) is 32.0. The first-order valence-corrected chi connectivity index (χ1v) is 7.98. The smallest absolute Gasteiger partial charge is 0.314 e. The summed E-state index contributed by atoms with van der Waals surface area (Å²) < 4.78 is 5.59. The first-order chi connectivity index (χ1) is 10.1. The number of carbonyl (C=O) groups is 2. The van der Waals surface area contributed by atoms with E-state index in [4.69, 9.17) is 9.84 Å². The van der Waals surface area contributed by atoms with Crippen LogP contribution in [0.1, 0.15) is 39.0 Å². The van der Waals surface area contributed by atoms with E-state index >= 15 is 0 Å². The van der Waals surface area contributed by atoms with E-state index < -0.39 is 5.97 Å². The zero-order valence-electron chi connectivity index (χ0n) is 12.6. The van der Waals surface area contributed by atoms with Crippen molar-refractivity contribution in [2.75, 3.05) is 19.7 Å². The van der Waals surface area contributed by atoms with E-state index in [0.717, 1.165) is 38.7 Å². The van der Waals surface area contributed by atoms with Crippen molar-refractivity contribution in [3.05, 3.63) is 0 Å². The molecule has 6 nitrogen and oxygen atoms in total. The number of hydrogen-bond acceptors (Lipinski definition) is 3. The lowest BCUT2D eigenvalue weighted by atomic mass is 9.96. The van der Waals surface area contributed by atoms with Crippen molar-refractivity contribution in [2.45, 2.75) is 45.1 Å². The zero-order valence-corrected chi connectivity index (χ0v) is 12.6. The minimum Gasteiger partial charge on any atom is -0.481 e. The molecule has 0 spiro atoms. The Bertz CT molecular complexity index is 375. The van der Waals surface area contributed by atoms with Crippen LogP contribution < -0.4 is 10.6 Å². The van der Waals surface area contributed by atoms with Gasteiger partial charge in [0.05, 0.1) is 12.0 Å². The summed E-state index contributed by atoms with van der Waals surface area (Å²) in [5.41, 5.74) is 0. The second-order valence-corrected chi connectivity index (χ2v) is 6.09. The maximum atomic E-state index is 11.8. The lowest BCUT2D eigenvalue weighted by molar-refractivity contribution is -0.142. The molecule has 4 unspecified atom stereocenters. The number of amides is 2. The van der Waals surface area contributed by atoms with Crippen molar-refractivity contribution in [2.24, 2.45) is 17.8 Å². The van der Waals surface area contributed by atoms with Gasteiger partial charge in [-0.05, 0) is 31.6 Å². The molecule has 21 heavy (non-hydrogen) atoms. The van der Waals surface area contributed by atoms with Crippen molar-refractivity contribution in [1.82, 2.24) is 10.6 Å². The third kappa shape index (κ3) is 4.33. The number of carbonyl (C=O) groups excluding carboxylic acids is 1. The summed E-state index contributed by atoms with van der Waals surface area (Å²) in [6.07, 6.45) is 4.74.